The maximum atomic E-state index is 10.8. The summed E-state index contributed by atoms with van der Waals surface area (Å²) in [5.41, 5.74) is 8.09. The van der Waals surface area contributed by atoms with Crippen LogP contribution in [-0.4, -0.2) is 13.0 Å². The number of benzene rings is 2. The summed E-state index contributed by atoms with van der Waals surface area (Å²) < 4.78 is 5.12. The second kappa shape index (κ2) is 6.99. The molecule has 1 amide bonds. The first kappa shape index (κ1) is 15.2. The minimum absolute atomic E-state index is 0.258. The Balaban J connectivity index is 1.96. The Morgan fingerprint density at radius 3 is 2.43 bits per heavy atom. The largest absolute Gasteiger partial charge is 0.495 e. The first-order valence-corrected chi connectivity index (χ1v) is 6.90. The molecular formula is C16H17ClN2O2. The van der Waals surface area contributed by atoms with Gasteiger partial charge in [-0.3, -0.25) is 4.79 Å². The molecule has 0 bridgehead atoms. The third-order valence-corrected chi connectivity index (χ3v) is 3.34. The molecule has 0 spiro atoms. The smallest absolute Gasteiger partial charge is 0.221 e. The highest BCUT2D eigenvalue weighted by Crippen LogP contribution is 2.25. The van der Waals surface area contributed by atoms with Crippen LogP contribution in [0, 0.1) is 0 Å². The van der Waals surface area contributed by atoms with E-state index in [9.17, 15) is 4.79 Å². The molecule has 0 saturated carbocycles. The van der Waals surface area contributed by atoms with Crippen molar-refractivity contribution in [2.24, 2.45) is 5.73 Å². The van der Waals surface area contributed by atoms with Crippen LogP contribution in [0.5, 0.6) is 5.75 Å². The number of halogens is 1. The molecule has 0 fully saturated rings. The van der Waals surface area contributed by atoms with Gasteiger partial charge >= 0.3 is 0 Å². The second-order valence-corrected chi connectivity index (χ2v) is 5.07. The van der Waals surface area contributed by atoms with Crippen LogP contribution in [0.25, 0.3) is 0 Å². The molecule has 0 atom stereocenters. The fourth-order valence-electron chi connectivity index (χ4n) is 1.97. The topological polar surface area (TPSA) is 64.3 Å². The van der Waals surface area contributed by atoms with Gasteiger partial charge in [0.25, 0.3) is 0 Å². The van der Waals surface area contributed by atoms with E-state index in [0.29, 0.717) is 17.3 Å². The van der Waals surface area contributed by atoms with Gasteiger partial charge in [0.15, 0.2) is 0 Å². The van der Waals surface area contributed by atoms with Gasteiger partial charge in [-0.05, 0) is 35.4 Å². The molecule has 0 aromatic heterocycles. The predicted octanol–water partition coefficient (Wildman–Crippen LogP) is 2.99. The van der Waals surface area contributed by atoms with E-state index in [1.165, 1.54) is 0 Å². The number of nitrogens with one attached hydrogen (secondary N) is 1. The molecular weight excluding hydrogens is 288 g/mol. The lowest BCUT2D eigenvalue weighted by molar-refractivity contribution is -0.117. The summed E-state index contributed by atoms with van der Waals surface area (Å²) in [6, 6.07) is 13.3. The van der Waals surface area contributed by atoms with Crippen molar-refractivity contribution >= 4 is 23.2 Å². The molecule has 0 radical (unpaired) electrons. The molecule has 2 aromatic rings. The molecule has 3 N–H and O–H groups in total. The third-order valence-electron chi connectivity index (χ3n) is 3.05. The fraction of sp³-hybridized carbons (Fsp3) is 0.188. The standard InChI is InChI=1S/C16H17ClN2O2/c1-21-15-7-4-12(8-14(15)17)10-19-13-5-2-11(3-6-13)9-16(18)20/h2-8,19H,9-10H2,1H3,(H2,18,20). The highest BCUT2D eigenvalue weighted by molar-refractivity contribution is 6.32. The van der Waals surface area contributed by atoms with Crippen molar-refractivity contribution < 1.29 is 9.53 Å². The molecule has 0 aliphatic rings. The first-order chi connectivity index (χ1) is 10.1. The lowest BCUT2D eigenvalue weighted by Crippen LogP contribution is -2.13. The van der Waals surface area contributed by atoms with Crippen LogP contribution in [0.15, 0.2) is 42.5 Å². The van der Waals surface area contributed by atoms with Crippen molar-refractivity contribution in [3.05, 3.63) is 58.6 Å². The summed E-state index contributed by atoms with van der Waals surface area (Å²) in [4.78, 5) is 10.8. The van der Waals surface area contributed by atoms with Gasteiger partial charge in [-0.15, -0.1) is 0 Å². The van der Waals surface area contributed by atoms with Crippen LogP contribution in [-0.2, 0) is 17.8 Å². The van der Waals surface area contributed by atoms with Crippen LogP contribution in [0.4, 0.5) is 5.69 Å². The molecule has 2 aromatic carbocycles. The molecule has 110 valence electrons. The van der Waals surface area contributed by atoms with Gasteiger partial charge in [-0.1, -0.05) is 29.8 Å². The van der Waals surface area contributed by atoms with Crippen molar-refractivity contribution in [2.75, 3.05) is 12.4 Å². The average molecular weight is 305 g/mol. The Hall–Kier alpha value is -2.20. The van der Waals surface area contributed by atoms with Gasteiger partial charge in [-0.2, -0.15) is 0 Å². The monoisotopic (exact) mass is 304 g/mol. The van der Waals surface area contributed by atoms with E-state index < -0.39 is 0 Å². The Bertz CT molecular complexity index is 627. The van der Waals surface area contributed by atoms with E-state index in [1.54, 1.807) is 7.11 Å². The zero-order valence-electron chi connectivity index (χ0n) is 11.7. The maximum Gasteiger partial charge on any atom is 0.221 e. The summed E-state index contributed by atoms with van der Waals surface area (Å²) in [5, 5.41) is 3.88. The Morgan fingerprint density at radius 2 is 1.86 bits per heavy atom. The van der Waals surface area contributed by atoms with Crippen molar-refractivity contribution in [2.45, 2.75) is 13.0 Å². The van der Waals surface area contributed by atoms with Gasteiger partial charge in [0.2, 0.25) is 5.91 Å². The molecule has 0 unspecified atom stereocenters. The number of rotatable bonds is 6. The van der Waals surface area contributed by atoms with Crippen molar-refractivity contribution in [1.29, 1.82) is 0 Å². The van der Waals surface area contributed by atoms with Crippen molar-refractivity contribution in [3.8, 4) is 5.75 Å². The number of hydrogen-bond acceptors (Lipinski definition) is 3. The zero-order valence-corrected chi connectivity index (χ0v) is 12.5. The van der Waals surface area contributed by atoms with E-state index >= 15 is 0 Å². The minimum atomic E-state index is -0.330. The Labute approximate surface area is 128 Å². The number of carbonyl (C=O) groups is 1. The molecule has 2 rings (SSSR count). The van der Waals surface area contributed by atoms with Crippen LogP contribution in [0.3, 0.4) is 0 Å². The van der Waals surface area contributed by atoms with Gasteiger partial charge < -0.3 is 15.8 Å². The van der Waals surface area contributed by atoms with Gasteiger partial charge in [0, 0.05) is 12.2 Å². The van der Waals surface area contributed by atoms with Crippen LogP contribution in [0.1, 0.15) is 11.1 Å². The number of ether oxygens (including phenoxy) is 1. The number of nitrogens with two attached hydrogens (primary N) is 1. The zero-order chi connectivity index (χ0) is 15.2. The lowest BCUT2D eigenvalue weighted by Gasteiger charge is -2.09. The molecule has 21 heavy (non-hydrogen) atoms. The number of carbonyl (C=O) groups excluding carboxylic acids is 1. The van der Waals surface area contributed by atoms with Crippen molar-refractivity contribution in [3.63, 3.8) is 0 Å². The van der Waals surface area contributed by atoms with E-state index in [4.69, 9.17) is 22.1 Å². The highest BCUT2D eigenvalue weighted by atomic mass is 35.5. The van der Waals surface area contributed by atoms with Crippen LogP contribution < -0.4 is 15.8 Å². The summed E-state index contributed by atoms with van der Waals surface area (Å²) >= 11 is 6.08. The highest BCUT2D eigenvalue weighted by Gasteiger charge is 2.02. The number of amides is 1. The summed E-state index contributed by atoms with van der Waals surface area (Å²) in [6.45, 7) is 0.652. The molecule has 0 heterocycles. The number of anilines is 1. The molecule has 0 aliphatic heterocycles. The second-order valence-electron chi connectivity index (χ2n) is 4.66. The maximum absolute atomic E-state index is 10.8. The van der Waals surface area contributed by atoms with Gasteiger partial charge in [0.05, 0.1) is 18.6 Å². The summed E-state index contributed by atoms with van der Waals surface area (Å²) in [7, 11) is 1.59. The number of primary amides is 1. The van der Waals surface area contributed by atoms with Gasteiger partial charge in [-0.25, -0.2) is 0 Å². The fourth-order valence-corrected chi connectivity index (χ4v) is 2.25. The van der Waals surface area contributed by atoms with Crippen LogP contribution in [0.2, 0.25) is 5.02 Å². The Morgan fingerprint density at radius 1 is 1.19 bits per heavy atom. The average Bonchev–Trinajstić information content (AvgIpc) is 2.46. The van der Waals surface area contributed by atoms with E-state index in [-0.39, 0.29) is 12.3 Å². The van der Waals surface area contributed by atoms with Crippen LogP contribution >= 0.6 is 11.6 Å². The van der Waals surface area contributed by atoms with Gasteiger partial charge in [0.1, 0.15) is 5.75 Å². The van der Waals surface area contributed by atoms with E-state index in [1.807, 2.05) is 42.5 Å². The number of methoxy groups -OCH3 is 1. The van der Waals surface area contributed by atoms with Crippen molar-refractivity contribution in [1.82, 2.24) is 0 Å². The molecule has 0 aliphatic carbocycles. The lowest BCUT2D eigenvalue weighted by atomic mass is 10.1. The minimum Gasteiger partial charge on any atom is -0.495 e. The molecule has 0 saturated heterocycles. The molecule has 5 heteroatoms. The summed E-state index contributed by atoms with van der Waals surface area (Å²) in [5.74, 6) is 0.333. The first-order valence-electron chi connectivity index (χ1n) is 6.52. The van der Waals surface area contributed by atoms with E-state index in [2.05, 4.69) is 5.32 Å². The SMILES string of the molecule is COc1ccc(CNc2ccc(CC(N)=O)cc2)cc1Cl. The number of hydrogen-bond donors (Lipinski definition) is 2. The summed E-state index contributed by atoms with van der Waals surface area (Å²) in [6.07, 6.45) is 0.258. The predicted molar refractivity (Wildman–Crippen MR) is 84.7 cm³/mol. The third kappa shape index (κ3) is 4.39. The Kier molecular flexibility index (Phi) is 5.06. The molecule has 4 nitrogen and oxygen atoms in total. The van der Waals surface area contributed by atoms with E-state index in [0.717, 1.165) is 16.8 Å². The normalized spacial score (nSPS) is 10.2. The quantitative estimate of drug-likeness (QED) is 0.862.